The Hall–Kier alpha value is -0.470. The van der Waals surface area contributed by atoms with Crippen molar-refractivity contribution in [1.29, 1.82) is 0 Å². The zero-order valence-electron chi connectivity index (χ0n) is 10.9. The molecule has 0 saturated carbocycles. The minimum absolute atomic E-state index is 0.208. The van der Waals surface area contributed by atoms with E-state index in [1.807, 2.05) is 13.8 Å². The van der Waals surface area contributed by atoms with Gasteiger partial charge >= 0.3 is 0 Å². The lowest BCUT2D eigenvalue weighted by molar-refractivity contribution is 0.107. The standard InChI is InChI=1S/C14H22OS/c1-13(2,3)11-6-8-12(9-7-11)16-10-14(4,5)15/h6-9,15H,10H2,1-5H3. The molecule has 0 atom stereocenters. The molecule has 1 N–H and O–H groups in total. The first-order valence-corrected chi connectivity index (χ1v) is 6.63. The van der Waals surface area contributed by atoms with Crippen LogP contribution >= 0.6 is 11.8 Å². The number of aliphatic hydroxyl groups is 1. The van der Waals surface area contributed by atoms with Gasteiger partial charge < -0.3 is 5.11 Å². The number of hydrogen-bond donors (Lipinski definition) is 1. The van der Waals surface area contributed by atoms with Gasteiger partial charge in [0, 0.05) is 10.6 Å². The van der Waals surface area contributed by atoms with Crippen molar-refractivity contribution < 1.29 is 5.11 Å². The lowest BCUT2D eigenvalue weighted by Crippen LogP contribution is -2.21. The van der Waals surface area contributed by atoms with E-state index in [-0.39, 0.29) is 5.41 Å². The minimum atomic E-state index is -0.604. The molecule has 0 spiro atoms. The third kappa shape index (κ3) is 4.58. The molecule has 0 amide bonds. The first-order chi connectivity index (χ1) is 7.18. The molecule has 1 nitrogen and oxygen atoms in total. The molecule has 0 aliphatic carbocycles. The smallest absolute Gasteiger partial charge is 0.0685 e. The minimum Gasteiger partial charge on any atom is -0.390 e. The summed E-state index contributed by atoms with van der Waals surface area (Å²) in [6.07, 6.45) is 0. The van der Waals surface area contributed by atoms with E-state index in [0.29, 0.717) is 0 Å². The van der Waals surface area contributed by atoms with Gasteiger partial charge in [-0.3, -0.25) is 0 Å². The van der Waals surface area contributed by atoms with Crippen molar-refractivity contribution in [3.8, 4) is 0 Å². The van der Waals surface area contributed by atoms with E-state index in [1.165, 1.54) is 10.5 Å². The summed E-state index contributed by atoms with van der Waals surface area (Å²) in [4.78, 5) is 1.22. The van der Waals surface area contributed by atoms with Gasteiger partial charge in [-0.15, -0.1) is 11.8 Å². The van der Waals surface area contributed by atoms with Gasteiger partial charge in [0.25, 0.3) is 0 Å². The monoisotopic (exact) mass is 238 g/mol. The van der Waals surface area contributed by atoms with Gasteiger partial charge in [-0.1, -0.05) is 32.9 Å². The summed E-state index contributed by atoms with van der Waals surface area (Å²) < 4.78 is 0. The maximum atomic E-state index is 9.64. The lowest BCUT2D eigenvalue weighted by atomic mass is 9.87. The molecule has 16 heavy (non-hydrogen) atoms. The fraction of sp³-hybridized carbons (Fsp3) is 0.571. The Kier molecular flexibility index (Phi) is 4.08. The molecule has 0 bridgehead atoms. The van der Waals surface area contributed by atoms with Crippen molar-refractivity contribution in [2.24, 2.45) is 0 Å². The van der Waals surface area contributed by atoms with E-state index in [1.54, 1.807) is 11.8 Å². The van der Waals surface area contributed by atoms with Crippen molar-refractivity contribution in [2.45, 2.75) is 50.5 Å². The van der Waals surface area contributed by atoms with Crippen molar-refractivity contribution in [2.75, 3.05) is 5.75 Å². The summed E-state index contributed by atoms with van der Waals surface area (Å²) in [5.74, 6) is 0.724. The predicted octanol–water partition coefficient (Wildman–Crippen LogP) is 3.85. The van der Waals surface area contributed by atoms with Gasteiger partial charge in [0.2, 0.25) is 0 Å². The second-order valence-electron chi connectivity index (χ2n) is 5.88. The van der Waals surface area contributed by atoms with Gasteiger partial charge in [-0.05, 0) is 37.0 Å². The Morgan fingerprint density at radius 1 is 1.00 bits per heavy atom. The Balaban J connectivity index is 2.66. The highest BCUT2D eigenvalue weighted by molar-refractivity contribution is 7.99. The highest BCUT2D eigenvalue weighted by Gasteiger charge is 2.15. The first kappa shape index (κ1) is 13.6. The van der Waals surface area contributed by atoms with Crippen LogP contribution < -0.4 is 0 Å². The van der Waals surface area contributed by atoms with E-state index in [9.17, 15) is 5.11 Å². The van der Waals surface area contributed by atoms with Crippen molar-refractivity contribution in [3.05, 3.63) is 29.8 Å². The van der Waals surface area contributed by atoms with Crippen LogP contribution in [-0.2, 0) is 5.41 Å². The molecule has 1 aromatic rings. The molecular formula is C14H22OS. The Morgan fingerprint density at radius 2 is 1.50 bits per heavy atom. The summed E-state index contributed by atoms with van der Waals surface area (Å²) in [7, 11) is 0. The molecule has 0 radical (unpaired) electrons. The molecule has 1 aromatic carbocycles. The van der Waals surface area contributed by atoms with E-state index in [2.05, 4.69) is 45.0 Å². The Bertz CT molecular complexity index is 327. The third-order valence-electron chi connectivity index (χ3n) is 2.31. The van der Waals surface area contributed by atoms with Crippen LogP contribution in [0, 0.1) is 0 Å². The normalized spacial score (nSPS) is 12.9. The first-order valence-electron chi connectivity index (χ1n) is 5.64. The summed E-state index contributed by atoms with van der Waals surface area (Å²) in [6, 6.07) is 8.62. The number of thioether (sulfide) groups is 1. The molecule has 1 rings (SSSR count). The molecule has 0 heterocycles. The lowest BCUT2D eigenvalue weighted by Gasteiger charge is -2.20. The van der Waals surface area contributed by atoms with Crippen LogP contribution in [0.15, 0.2) is 29.2 Å². The molecule has 0 saturated heterocycles. The molecule has 90 valence electrons. The maximum absolute atomic E-state index is 9.64. The van der Waals surface area contributed by atoms with E-state index in [0.717, 1.165) is 5.75 Å². The summed E-state index contributed by atoms with van der Waals surface area (Å²) in [5, 5.41) is 9.64. The van der Waals surface area contributed by atoms with Crippen molar-refractivity contribution in [1.82, 2.24) is 0 Å². The van der Waals surface area contributed by atoms with Crippen LogP contribution in [0.1, 0.15) is 40.2 Å². The molecule has 0 aromatic heterocycles. The average molecular weight is 238 g/mol. The summed E-state index contributed by atoms with van der Waals surface area (Å²) in [5.41, 5.74) is 0.951. The molecule has 0 unspecified atom stereocenters. The van der Waals surface area contributed by atoms with E-state index in [4.69, 9.17) is 0 Å². The van der Waals surface area contributed by atoms with Crippen LogP contribution in [0.25, 0.3) is 0 Å². The van der Waals surface area contributed by atoms with Crippen molar-refractivity contribution in [3.63, 3.8) is 0 Å². The Labute approximate surface area is 103 Å². The van der Waals surface area contributed by atoms with Crippen LogP contribution in [0.5, 0.6) is 0 Å². The second kappa shape index (κ2) is 4.80. The number of benzene rings is 1. The van der Waals surface area contributed by atoms with Gasteiger partial charge in [0.1, 0.15) is 0 Å². The van der Waals surface area contributed by atoms with Gasteiger partial charge in [-0.25, -0.2) is 0 Å². The van der Waals surface area contributed by atoms with Crippen molar-refractivity contribution >= 4 is 11.8 Å². The van der Waals surface area contributed by atoms with Crippen LogP contribution in [0.4, 0.5) is 0 Å². The van der Waals surface area contributed by atoms with E-state index >= 15 is 0 Å². The topological polar surface area (TPSA) is 20.2 Å². The molecule has 0 fully saturated rings. The van der Waals surface area contributed by atoms with Gasteiger partial charge in [-0.2, -0.15) is 0 Å². The SMILES string of the molecule is CC(C)(O)CSc1ccc(C(C)(C)C)cc1. The van der Waals surface area contributed by atoms with E-state index < -0.39 is 5.60 Å². The van der Waals surface area contributed by atoms with Gasteiger partial charge in [0.15, 0.2) is 0 Å². The largest absolute Gasteiger partial charge is 0.390 e. The fourth-order valence-electron chi connectivity index (χ4n) is 1.31. The average Bonchev–Trinajstić information content (AvgIpc) is 2.13. The van der Waals surface area contributed by atoms with Crippen LogP contribution in [0.3, 0.4) is 0 Å². The summed E-state index contributed by atoms with van der Waals surface area (Å²) in [6.45, 7) is 10.3. The second-order valence-corrected chi connectivity index (χ2v) is 6.92. The molecular weight excluding hydrogens is 216 g/mol. The Morgan fingerprint density at radius 3 is 1.88 bits per heavy atom. The highest BCUT2D eigenvalue weighted by atomic mass is 32.2. The predicted molar refractivity (Wildman–Crippen MR) is 72.2 cm³/mol. The quantitative estimate of drug-likeness (QED) is 0.807. The number of rotatable bonds is 3. The molecule has 0 aliphatic rings. The van der Waals surface area contributed by atoms with Crippen LogP contribution in [-0.4, -0.2) is 16.5 Å². The van der Waals surface area contributed by atoms with Crippen LogP contribution in [0.2, 0.25) is 0 Å². The fourth-order valence-corrected chi connectivity index (χ4v) is 2.16. The van der Waals surface area contributed by atoms with Gasteiger partial charge in [0.05, 0.1) is 5.60 Å². The molecule has 0 aliphatic heterocycles. The zero-order valence-corrected chi connectivity index (χ0v) is 11.7. The third-order valence-corrected chi connectivity index (χ3v) is 3.77. The molecule has 2 heteroatoms. The number of hydrogen-bond acceptors (Lipinski definition) is 2. The zero-order chi connectivity index (χ0) is 12.4. The highest BCUT2D eigenvalue weighted by Crippen LogP contribution is 2.27. The maximum Gasteiger partial charge on any atom is 0.0685 e. The summed E-state index contributed by atoms with van der Waals surface area (Å²) >= 11 is 1.70.